The van der Waals surface area contributed by atoms with Crippen LogP contribution >= 0.6 is 7.82 Å². The summed E-state index contributed by atoms with van der Waals surface area (Å²) in [4.78, 5) is 25.4. The van der Waals surface area contributed by atoms with Crippen molar-refractivity contribution in [2.75, 3.05) is 54.1 Å². The zero-order valence-corrected chi connectivity index (χ0v) is 37.6. The van der Waals surface area contributed by atoms with Crippen molar-refractivity contribution in [2.24, 2.45) is 0 Å². The summed E-state index contributed by atoms with van der Waals surface area (Å²) in [7, 11) is 2.12. The number of hydrogen-bond acceptors (Lipinski definition) is 8. The number of carbonyl (C=O) groups is 2. The molecule has 0 amide bonds. The average Bonchev–Trinajstić information content (AvgIpc) is 3.14. The Morgan fingerprint density at radius 1 is 0.527 bits per heavy atom. The van der Waals surface area contributed by atoms with Gasteiger partial charge in [-0.25, -0.2) is 4.57 Å². The van der Waals surface area contributed by atoms with Crippen molar-refractivity contribution in [3.05, 3.63) is 24.3 Å². The van der Waals surface area contributed by atoms with Gasteiger partial charge in [0, 0.05) is 12.8 Å². The molecule has 0 aromatic heterocycles. The Balaban J connectivity index is 4.58. The lowest BCUT2D eigenvalue weighted by Gasteiger charge is -2.25. The van der Waals surface area contributed by atoms with Gasteiger partial charge in [0.15, 0.2) is 6.10 Å². The van der Waals surface area contributed by atoms with Gasteiger partial charge in [0.05, 0.1) is 34.4 Å². The van der Waals surface area contributed by atoms with Crippen LogP contribution in [0.15, 0.2) is 24.3 Å². The first-order valence-electron chi connectivity index (χ1n) is 22.5. The molecule has 0 saturated carbocycles. The SMILES string of the molecule is CCCCCCC/C=C/CCCCCCCC(=O)OC(COC(=O)CCCCCCC/C=C/CCCCCCCC)COP(=O)(OCC)OCC[N+](C)(C)C. The van der Waals surface area contributed by atoms with E-state index in [-0.39, 0.29) is 44.8 Å². The van der Waals surface area contributed by atoms with Crippen LogP contribution in [0.25, 0.3) is 0 Å². The zero-order chi connectivity index (χ0) is 40.7. The summed E-state index contributed by atoms with van der Waals surface area (Å²) in [5.74, 6) is -0.728. The highest BCUT2D eigenvalue weighted by molar-refractivity contribution is 7.48. The summed E-state index contributed by atoms with van der Waals surface area (Å²) < 4.78 is 41.7. The van der Waals surface area contributed by atoms with Crippen LogP contribution in [0, 0.1) is 0 Å². The minimum Gasteiger partial charge on any atom is -0.462 e. The minimum atomic E-state index is -3.90. The van der Waals surface area contributed by atoms with Crippen molar-refractivity contribution in [2.45, 2.75) is 200 Å². The number of allylic oxidation sites excluding steroid dienone is 4. The highest BCUT2D eigenvalue weighted by Crippen LogP contribution is 2.49. The Kier molecular flexibility index (Phi) is 37.0. The number of carbonyl (C=O) groups excluding carboxylic acids is 2. The predicted octanol–water partition coefficient (Wildman–Crippen LogP) is 13.0. The second-order valence-corrected chi connectivity index (χ2v) is 17.8. The summed E-state index contributed by atoms with van der Waals surface area (Å²) in [5.41, 5.74) is 0. The lowest BCUT2D eigenvalue weighted by Crippen LogP contribution is -2.37. The number of rotatable bonds is 41. The van der Waals surface area contributed by atoms with Crippen molar-refractivity contribution in [1.82, 2.24) is 0 Å². The summed E-state index contributed by atoms with van der Waals surface area (Å²) in [6, 6.07) is 0. The fourth-order valence-electron chi connectivity index (χ4n) is 5.99. The smallest absolute Gasteiger partial charge is 0.462 e. The van der Waals surface area contributed by atoms with E-state index in [1.165, 1.54) is 89.9 Å². The van der Waals surface area contributed by atoms with Crippen LogP contribution in [0.2, 0.25) is 0 Å². The van der Waals surface area contributed by atoms with E-state index >= 15 is 0 Å². The number of phosphoric acid groups is 1. The molecule has 324 valence electrons. The first-order chi connectivity index (χ1) is 26.5. The molecule has 0 fully saturated rings. The summed E-state index contributed by atoms with van der Waals surface area (Å²) >= 11 is 0. The van der Waals surface area contributed by atoms with Crippen LogP contribution in [0.1, 0.15) is 194 Å². The molecule has 0 bridgehead atoms. The maximum absolute atomic E-state index is 13.3. The third kappa shape index (κ3) is 39.1. The number of unbranched alkanes of at least 4 members (excludes halogenated alkanes) is 21. The van der Waals surface area contributed by atoms with E-state index in [2.05, 4.69) is 38.2 Å². The van der Waals surface area contributed by atoms with Crippen molar-refractivity contribution >= 4 is 19.8 Å². The van der Waals surface area contributed by atoms with E-state index in [4.69, 9.17) is 23.0 Å². The molecule has 0 saturated heterocycles. The van der Waals surface area contributed by atoms with Gasteiger partial charge in [-0.1, -0.05) is 134 Å². The molecule has 0 radical (unpaired) electrons. The molecule has 2 atom stereocenters. The molecule has 0 rings (SSSR count). The van der Waals surface area contributed by atoms with Crippen LogP contribution in [-0.4, -0.2) is 76.6 Å². The third-order valence-corrected chi connectivity index (χ3v) is 11.0. The Morgan fingerprint density at radius 3 is 1.38 bits per heavy atom. The quantitative estimate of drug-likeness (QED) is 0.0198. The Labute approximate surface area is 339 Å². The van der Waals surface area contributed by atoms with E-state index in [1.807, 2.05) is 21.1 Å². The molecule has 2 unspecified atom stereocenters. The monoisotopic (exact) mass is 801 g/mol. The second-order valence-electron chi connectivity index (χ2n) is 16.1. The Hall–Kier alpha value is -1.51. The fraction of sp³-hybridized carbons (Fsp3) is 0.867. The number of quaternary nitrogens is 1. The Morgan fingerprint density at radius 2 is 0.945 bits per heavy atom. The summed E-state index contributed by atoms with van der Waals surface area (Å²) in [6.45, 7) is 6.68. The molecule has 0 heterocycles. The minimum absolute atomic E-state index is 0.131. The molecule has 9 nitrogen and oxygen atoms in total. The molecule has 0 N–H and O–H groups in total. The third-order valence-electron chi connectivity index (χ3n) is 9.48. The second kappa shape index (κ2) is 38.0. The Bertz CT molecular complexity index is 996. The fourth-order valence-corrected chi connectivity index (χ4v) is 7.19. The lowest BCUT2D eigenvalue weighted by atomic mass is 10.1. The van der Waals surface area contributed by atoms with E-state index < -0.39 is 13.9 Å². The average molecular weight is 801 g/mol. The van der Waals surface area contributed by atoms with Crippen LogP contribution in [0.3, 0.4) is 0 Å². The number of phosphoric ester groups is 1. The first-order valence-corrected chi connectivity index (χ1v) is 24.0. The van der Waals surface area contributed by atoms with Gasteiger partial charge in [-0.15, -0.1) is 0 Å². The molecule has 55 heavy (non-hydrogen) atoms. The maximum Gasteiger partial charge on any atom is 0.475 e. The molecule has 0 aliphatic carbocycles. The number of nitrogens with zero attached hydrogens (tertiary/aromatic N) is 1. The van der Waals surface area contributed by atoms with Gasteiger partial charge in [-0.2, -0.15) is 0 Å². The molecular formula is C45H87NO8P+. The van der Waals surface area contributed by atoms with E-state index in [1.54, 1.807) is 6.92 Å². The van der Waals surface area contributed by atoms with Gasteiger partial charge in [0.25, 0.3) is 0 Å². The van der Waals surface area contributed by atoms with E-state index in [9.17, 15) is 14.2 Å². The maximum atomic E-state index is 13.3. The van der Waals surface area contributed by atoms with Crippen LogP contribution in [-0.2, 0) is 37.2 Å². The number of esters is 2. The predicted molar refractivity (Wildman–Crippen MR) is 229 cm³/mol. The van der Waals surface area contributed by atoms with Crippen molar-refractivity contribution < 1.29 is 41.7 Å². The normalized spacial score (nSPS) is 13.8. The van der Waals surface area contributed by atoms with Crippen molar-refractivity contribution in [1.29, 1.82) is 0 Å². The van der Waals surface area contributed by atoms with Crippen LogP contribution in [0.4, 0.5) is 0 Å². The molecule has 0 aromatic rings. The molecule has 0 aliphatic heterocycles. The summed E-state index contributed by atoms with van der Waals surface area (Å²) in [6.07, 6.45) is 38.3. The van der Waals surface area contributed by atoms with Gasteiger partial charge in [-0.05, 0) is 71.1 Å². The largest absolute Gasteiger partial charge is 0.475 e. The van der Waals surface area contributed by atoms with Gasteiger partial charge in [0.1, 0.15) is 19.8 Å². The molecule has 0 spiro atoms. The van der Waals surface area contributed by atoms with E-state index in [0.717, 1.165) is 70.6 Å². The number of hydrogen-bond donors (Lipinski definition) is 0. The molecule has 10 heteroatoms. The standard InChI is InChI=1S/C45H87NO8P/c1-7-10-12-14-16-18-20-22-24-26-27-29-31-33-35-37-44(47)50-41-43(42-53-55(49,51-9-3)52-40-39-46(4,5)6)54-45(48)38-36-34-32-30-28-25-23-21-19-17-15-13-11-8-2/h21-24,43H,7-20,25-42H2,1-6H3/q+1/b23-21+,24-22+. The van der Waals surface area contributed by atoms with Crippen molar-refractivity contribution in [3.63, 3.8) is 0 Å². The van der Waals surface area contributed by atoms with Crippen LogP contribution in [0.5, 0.6) is 0 Å². The highest BCUT2D eigenvalue weighted by Gasteiger charge is 2.30. The summed E-state index contributed by atoms with van der Waals surface area (Å²) in [5, 5.41) is 0. The first kappa shape index (κ1) is 53.5. The van der Waals surface area contributed by atoms with Gasteiger partial charge < -0.3 is 14.0 Å². The van der Waals surface area contributed by atoms with Crippen molar-refractivity contribution in [3.8, 4) is 0 Å². The highest BCUT2D eigenvalue weighted by atomic mass is 31.2. The van der Waals surface area contributed by atoms with Gasteiger partial charge >= 0.3 is 19.8 Å². The van der Waals surface area contributed by atoms with Gasteiger partial charge in [-0.3, -0.25) is 23.2 Å². The topological polar surface area (TPSA) is 97.4 Å². The zero-order valence-electron chi connectivity index (χ0n) is 36.7. The lowest BCUT2D eigenvalue weighted by molar-refractivity contribution is -0.870. The van der Waals surface area contributed by atoms with Crippen LogP contribution < -0.4 is 0 Å². The molecule has 0 aromatic carbocycles. The van der Waals surface area contributed by atoms with Gasteiger partial charge in [0.2, 0.25) is 0 Å². The number of likely N-dealkylation sites (N-methyl/N-ethyl adjacent to an activating group) is 1. The molecular weight excluding hydrogens is 713 g/mol. The van der Waals surface area contributed by atoms with E-state index in [0.29, 0.717) is 17.4 Å². The number of ether oxygens (including phenoxy) is 2. The molecule has 0 aliphatic rings.